The van der Waals surface area contributed by atoms with Crippen LogP contribution in [-0.4, -0.2) is 19.6 Å². The van der Waals surface area contributed by atoms with Gasteiger partial charge in [-0.25, -0.2) is 0 Å². The Labute approximate surface area is 134 Å². The van der Waals surface area contributed by atoms with Crippen molar-refractivity contribution in [3.8, 4) is 5.75 Å². The molecule has 2 aromatic carbocycles. The van der Waals surface area contributed by atoms with Gasteiger partial charge in [0, 0.05) is 0 Å². The molecule has 0 bridgehead atoms. The fraction of sp³-hybridized carbons (Fsp3) is 0.200. The van der Waals surface area contributed by atoms with E-state index in [2.05, 4.69) is 10.2 Å². The first kappa shape index (κ1) is 16.9. The maximum atomic E-state index is 11.2. The highest BCUT2D eigenvalue weighted by Crippen LogP contribution is 2.26. The lowest BCUT2D eigenvalue weighted by Gasteiger charge is -2.04. The van der Waals surface area contributed by atoms with Crippen molar-refractivity contribution in [3.05, 3.63) is 42.5 Å². The number of azo groups is 1. The Bertz CT molecular complexity index is 802. The Kier molecular flexibility index (Phi) is 5.30. The second-order valence-corrected chi connectivity index (χ2v) is 6.13. The third-order valence-electron chi connectivity index (χ3n) is 2.87. The lowest BCUT2D eigenvalue weighted by Crippen LogP contribution is -2.02. The number of anilines is 1. The molecule has 0 saturated heterocycles. The van der Waals surface area contributed by atoms with E-state index in [1.54, 1.807) is 24.3 Å². The van der Waals surface area contributed by atoms with Crippen molar-refractivity contribution >= 4 is 27.2 Å². The number of nitrogens with zero attached hydrogens (tertiary/aromatic N) is 2. The van der Waals surface area contributed by atoms with Gasteiger partial charge in [0.05, 0.1) is 23.7 Å². The van der Waals surface area contributed by atoms with Gasteiger partial charge in [0.25, 0.3) is 10.1 Å². The molecule has 8 heteroatoms. The van der Waals surface area contributed by atoms with Gasteiger partial charge in [-0.2, -0.15) is 18.6 Å². The van der Waals surface area contributed by atoms with Crippen molar-refractivity contribution in [1.82, 2.24) is 0 Å². The second kappa shape index (κ2) is 7.21. The maximum absolute atomic E-state index is 11.2. The predicted octanol–water partition coefficient (Wildman–Crippen LogP) is 3.72. The Balaban J connectivity index is 2.17. The van der Waals surface area contributed by atoms with E-state index in [1.165, 1.54) is 12.1 Å². The lowest BCUT2D eigenvalue weighted by atomic mass is 10.3. The first-order chi connectivity index (χ1) is 10.9. The molecule has 0 amide bonds. The lowest BCUT2D eigenvalue weighted by molar-refractivity contribution is 0.317. The molecule has 0 fully saturated rings. The van der Waals surface area contributed by atoms with E-state index in [1.807, 2.05) is 6.92 Å². The summed E-state index contributed by atoms with van der Waals surface area (Å²) in [6.07, 6.45) is 0.925. The second-order valence-electron chi connectivity index (χ2n) is 4.74. The van der Waals surface area contributed by atoms with Gasteiger partial charge in [-0.3, -0.25) is 4.55 Å². The van der Waals surface area contributed by atoms with Crippen LogP contribution < -0.4 is 10.5 Å². The SMILES string of the molecule is CCCOc1ccc(/N=N/c2ccc(N)c(S(=O)(=O)O)c2)cc1. The van der Waals surface area contributed by atoms with E-state index in [4.69, 9.17) is 15.0 Å². The molecule has 0 heterocycles. The summed E-state index contributed by atoms with van der Waals surface area (Å²) >= 11 is 0. The summed E-state index contributed by atoms with van der Waals surface area (Å²) in [4.78, 5) is -0.391. The summed E-state index contributed by atoms with van der Waals surface area (Å²) in [7, 11) is -4.40. The molecule has 7 nitrogen and oxygen atoms in total. The van der Waals surface area contributed by atoms with Crippen LogP contribution in [0.15, 0.2) is 57.6 Å². The van der Waals surface area contributed by atoms with Gasteiger partial charge < -0.3 is 10.5 Å². The molecular formula is C15H17N3O4S. The van der Waals surface area contributed by atoms with Crippen molar-refractivity contribution in [1.29, 1.82) is 0 Å². The van der Waals surface area contributed by atoms with Crippen molar-refractivity contribution in [2.45, 2.75) is 18.2 Å². The van der Waals surface area contributed by atoms with E-state index in [-0.39, 0.29) is 11.4 Å². The molecule has 0 spiro atoms. The molecular weight excluding hydrogens is 318 g/mol. The van der Waals surface area contributed by atoms with Crippen LogP contribution in [0.5, 0.6) is 5.75 Å². The Morgan fingerprint density at radius 2 is 1.70 bits per heavy atom. The highest BCUT2D eigenvalue weighted by molar-refractivity contribution is 7.86. The van der Waals surface area contributed by atoms with Crippen LogP contribution in [0.4, 0.5) is 17.1 Å². The number of benzene rings is 2. The van der Waals surface area contributed by atoms with Gasteiger partial charge in [0.1, 0.15) is 10.6 Å². The molecule has 0 saturated carbocycles. The molecule has 2 rings (SSSR count). The molecule has 23 heavy (non-hydrogen) atoms. The summed E-state index contributed by atoms with van der Waals surface area (Å²) in [5, 5.41) is 7.94. The molecule has 0 aliphatic heterocycles. The Morgan fingerprint density at radius 3 is 2.30 bits per heavy atom. The molecule has 122 valence electrons. The minimum absolute atomic E-state index is 0.0520. The number of hydrogen-bond acceptors (Lipinski definition) is 6. The number of hydrogen-bond donors (Lipinski definition) is 2. The van der Waals surface area contributed by atoms with Gasteiger partial charge in [-0.15, -0.1) is 0 Å². The maximum Gasteiger partial charge on any atom is 0.296 e. The quantitative estimate of drug-likeness (QED) is 0.474. The summed E-state index contributed by atoms with van der Waals surface area (Å²) in [5.41, 5.74) is 6.31. The van der Waals surface area contributed by atoms with Crippen LogP contribution in [-0.2, 0) is 10.1 Å². The number of ether oxygens (including phenoxy) is 1. The summed E-state index contributed by atoms with van der Waals surface area (Å²) in [6.45, 7) is 2.67. The topological polar surface area (TPSA) is 114 Å². The van der Waals surface area contributed by atoms with Crippen LogP contribution in [0.2, 0.25) is 0 Å². The third-order valence-corrected chi connectivity index (χ3v) is 3.77. The van der Waals surface area contributed by atoms with Crippen LogP contribution in [0.25, 0.3) is 0 Å². The van der Waals surface area contributed by atoms with Crippen LogP contribution in [0.3, 0.4) is 0 Å². The molecule has 0 aromatic heterocycles. The fourth-order valence-electron chi connectivity index (χ4n) is 1.75. The van der Waals surface area contributed by atoms with E-state index in [9.17, 15) is 8.42 Å². The van der Waals surface area contributed by atoms with E-state index >= 15 is 0 Å². The minimum atomic E-state index is -4.40. The molecule has 0 atom stereocenters. The van der Waals surface area contributed by atoms with Gasteiger partial charge in [-0.05, 0) is 48.9 Å². The zero-order valence-corrected chi connectivity index (χ0v) is 13.3. The number of rotatable bonds is 6. The molecule has 0 radical (unpaired) electrons. The number of nitrogen functional groups attached to an aromatic ring is 1. The normalized spacial score (nSPS) is 11.7. The summed E-state index contributed by atoms with van der Waals surface area (Å²) in [6, 6.07) is 11.0. The van der Waals surface area contributed by atoms with Crippen molar-refractivity contribution in [2.75, 3.05) is 12.3 Å². The fourth-order valence-corrected chi connectivity index (χ4v) is 2.39. The van der Waals surface area contributed by atoms with Crippen molar-refractivity contribution < 1.29 is 17.7 Å². The Morgan fingerprint density at radius 1 is 1.09 bits per heavy atom. The minimum Gasteiger partial charge on any atom is -0.494 e. The standard InChI is InChI=1S/C15H17N3O4S/c1-2-9-22-13-6-3-11(4-7-13)17-18-12-5-8-14(16)15(10-12)23(19,20)21/h3-8,10H,2,9,16H2,1H3,(H,19,20,21)/b18-17+. The smallest absolute Gasteiger partial charge is 0.296 e. The summed E-state index contributed by atoms with van der Waals surface area (Å²) < 4.78 is 36.9. The molecule has 3 N–H and O–H groups in total. The van der Waals surface area contributed by atoms with E-state index < -0.39 is 15.0 Å². The monoisotopic (exact) mass is 335 g/mol. The van der Waals surface area contributed by atoms with Gasteiger partial charge in [0.15, 0.2) is 0 Å². The van der Waals surface area contributed by atoms with Gasteiger partial charge >= 0.3 is 0 Å². The first-order valence-electron chi connectivity index (χ1n) is 6.92. The largest absolute Gasteiger partial charge is 0.494 e. The molecule has 0 aliphatic carbocycles. The third kappa shape index (κ3) is 4.76. The van der Waals surface area contributed by atoms with E-state index in [0.717, 1.165) is 18.2 Å². The van der Waals surface area contributed by atoms with Crippen LogP contribution in [0.1, 0.15) is 13.3 Å². The van der Waals surface area contributed by atoms with Gasteiger partial charge in [0.2, 0.25) is 0 Å². The average molecular weight is 335 g/mol. The molecule has 0 unspecified atom stereocenters. The first-order valence-corrected chi connectivity index (χ1v) is 8.36. The number of nitrogens with two attached hydrogens (primary N) is 1. The van der Waals surface area contributed by atoms with Crippen molar-refractivity contribution in [3.63, 3.8) is 0 Å². The van der Waals surface area contributed by atoms with Crippen LogP contribution >= 0.6 is 0 Å². The highest BCUT2D eigenvalue weighted by atomic mass is 32.2. The molecule has 0 aliphatic rings. The molecule has 2 aromatic rings. The van der Waals surface area contributed by atoms with Crippen molar-refractivity contribution in [2.24, 2.45) is 10.2 Å². The van der Waals surface area contributed by atoms with E-state index in [0.29, 0.717) is 12.3 Å². The highest BCUT2D eigenvalue weighted by Gasteiger charge is 2.14. The van der Waals surface area contributed by atoms with Gasteiger partial charge in [-0.1, -0.05) is 6.92 Å². The zero-order valence-electron chi connectivity index (χ0n) is 12.5. The van der Waals surface area contributed by atoms with Crippen LogP contribution in [0, 0.1) is 0 Å². The zero-order chi connectivity index (χ0) is 16.9. The average Bonchev–Trinajstić information content (AvgIpc) is 2.52. The summed E-state index contributed by atoms with van der Waals surface area (Å²) in [5.74, 6) is 0.743. The Hall–Kier alpha value is -2.45. The predicted molar refractivity (Wildman–Crippen MR) is 87.1 cm³/mol.